The molecule has 3 atom stereocenters. The summed E-state index contributed by atoms with van der Waals surface area (Å²) < 4.78 is 14.4. The molecular weight excluding hydrogens is 352 g/mol. The predicted octanol–water partition coefficient (Wildman–Crippen LogP) is -14.5. The van der Waals surface area contributed by atoms with Crippen molar-refractivity contribution in [1.82, 2.24) is 0 Å². The van der Waals surface area contributed by atoms with Crippen LogP contribution in [0.1, 0.15) is 0 Å². The molecule has 1 heterocycles. The summed E-state index contributed by atoms with van der Waals surface area (Å²) >= 11 is 0. The Morgan fingerprint density at radius 2 is 0.810 bits per heavy atom. The number of quaternary nitrogens is 3. The van der Waals surface area contributed by atoms with E-state index >= 15 is 0 Å². The van der Waals surface area contributed by atoms with Crippen molar-refractivity contribution >= 4 is 17.9 Å². The van der Waals surface area contributed by atoms with Crippen molar-refractivity contribution < 1.29 is 83.0 Å². The molecule has 0 aliphatic carbocycles. The van der Waals surface area contributed by atoms with E-state index in [4.69, 9.17) is 14.2 Å². The Hall–Kier alpha value is -0.840. The lowest BCUT2D eigenvalue weighted by molar-refractivity contribution is -0.433. The summed E-state index contributed by atoms with van der Waals surface area (Å²) in [7, 11) is 0. The van der Waals surface area contributed by atoms with E-state index in [0.29, 0.717) is 0 Å². The normalized spacial score (nSPS) is 27.0. The van der Waals surface area contributed by atoms with Gasteiger partial charge in [0.1, 0.15) is 0 Å². The van der Waals surface area contributed by atoms with E-state index in [-0.39, 0.29) is 57.0 Å². The standard InChI is InChI=1S/C9H15N3O6.3ClH/c10-4-1-16-8(14)5(11)2-18-9(15)6(12)3-17-7(4)13;;;/h4-6H,1-3,10-12H2;3*1H/t4-,5-,6-;;;/m0.../s1. The first-order chi connectivity index (χ1) is 8.41. The van der Waals surface area contributed by atoms with E-state index in [1.54, 1.807) is 0 Å². The van der Waals surface area contributed by atoms with E-state index in [1.165, 1.54) is 0 Å². The van der Waals surface area contributed by atoms with Gasteiger partial charge in [-0.3, -0.25) is 0 Å². The maximum atomic E-state index is 11.4. The number of esters is 3. The molecule has 0 aromatic heterocycles. The zero-order chi connectivity index (χ0) is 13.7. The van der Waals surface area contributed by atoms with Gasteiger partial charge in [-0.15, -0.1) is 0 Å². The van der Waals surface area contributed by atoms with Crippen LogP contribution in [0.3, 0.4) is 0 Å². The Kier molecular flexibility index (Phi) is 14.1. The van der Waals surface area contributed by atoms with Crippen LogP contribution in [0.5, 0.6) is 0 Å². The van der Waals surface area contributed by atoms with Crippen LogP contribution < -0.4 is 54.4 Å². The van der Waals surface area contributed by atoms with E-state index in [1.807, 2.05) is 0 Å². The molecule has 1 aliphatic heterocycles. The maximum absolute atomic E-state index is 11.4. The topological polar surface area (TPSA) is 162 Å². The molecule has 0 radical (unpaired) electrons. The molecule has 0 saturated carbocycles. The minimum absolute atomic E-state index is 0. The average molecular weight is 371 g/mol. The van der Waals surface area contributed by atoms with Gasteiger partial charge in [0, 0.05) is 0 Å². The quantitative estimate of drug-likeness (QED) is 0.283. The lowest BCUT2D eigenvalue weighted by atomic mass is 10.3. The van der Waals surface area contributed by atoms with Gasteiger partial charge in [0.25, 0.3) is 0 Å². The molecular formula is C9H18Cl3N3O6. The Morgan fingerprint density at radius 3 is 1.00 bits per heavy atom. The Bertz CT molecular complexity index is 307. The highest BCUT2D eigenvalue weighted by atomic mass is 35.5. The molecule has 1 fully saturated rings. The Morgan fingerprint density at radius 1 is 0.619 bits per heavy atom. The molecule has 0 amide bonds. The molecule has 9 N–H and O–H groups in total. The van der Waals surface area contributed by atoms with Gasteiger partial charge < -0.3 is 68.6 Å². The van der Waals surface area contributed by atoms with Crippen molar-refractivity contribution in [2.24, 2.45) is 0 Å². The fourth-order valence-electron chi connectivity index (χ4n) is 1.11. The number of hydrogen-bond donors (Lipinski definition) is 3. The number of halogens is 3. The minimum Gasteiger partial charge on any atom is -1.00 e. The summed E-state index contributed by atoms with van der Waals surface area (Å²) in [4.78, 5) is 34.2. The highest BCUT2D eigenvalue weighted by Gasteiger charge is 2.30. The fraction of sp³-hybridized carbons (Fsp3) is 0.667. The third-order valence-corrected chi connectivity index (χ3v) is 2.28. The molecule has 21 heavy (non-hydrogen) atoms. The number of cyclic esters (lactones) is 3. The highest BCUT2D eigenvalue weighted by Crippen LogP contribution is 1.95. The van der Waals surface area contributed by atoms with Crippen molar-refractivity contribution in [3.8, 4) is 0 Å². The van der Waals surface area contributed by atoms with E-state index in [0.717, 1.165) is 0 Å². The van der Waals surface area contributed by atoms with Crippen molar-refractivity contribution in [1.29, 1.82) is 0 Å². The van der Waals surface area contributed by atoms with Crippen LogP contribution in [0, 0.1) is 0 Å². The van der Waals surface area contributed by atoms with Crippen LogP contribution in [0.25, 0.3) is 0 Å². The summed E-state index contributed by atoms with van der Waals surface area (Å²) in [5.41, 5.74) is 10.5. The van der Waals surface area contributed by atoms with Crippen molar-refractivity contribution in [2.75, 3.05) is 19.8 Å². The van der Waals surface area contributed by atoms with E-state index in [2.05, 4.69) is 17.2 Å². The van der Waals surface area contributed by atoms with Crippen LogP contribution in [-0.2, 0) is 28.6 Å². The molecule has 9 nitrogen and oxygen atoms in total. The zero-order valence-corrected chi connectivity index (χ0v) is 13.3. The smallest absolute Gasteiger partial charge is 0.368 e. The van der Waals surface area contributed by atoms with Gasteiger partial charge in [-0.2, -0.15) is 0 Å². The summed E-state index contributed by atoms with van der Waals surface area (Å²) in [6.07, 6.45) is 0. The first-order valence-corrected chi connectivity index (χ1v) is 5.41. The molecule has 0 aromatic rings. The van der Waals surface area contributed by atoms with Crippen LogP contribution in [-0.4, -0.2) is 55.9 Å². The molecule has 1 saturated heterocycles. The van der Waals surface area contributed by atoms with Crippen LogP contribution in [0.15, 0.2) is 0 Å². The van der Waals surface area contributed by atoms with Crippen LogP contribution in [0.2, 0.25) is 0 Å². The highest BCUT2D eigenvalue weighted by molar-refractivity contribution is 5.79. The van der Waals surface area contributed by atoms with Crippen LogP contribution in [0.4, 0.5) is 0 Å². The third kappa shape index (κ3) is 8.24. The summed E-state index contributed by atoms with van der Waals surface area (Å²) in [6.45, 7) is -0.585. The Balaban J connectivity index is -0.00000108. The largest absolute Gasteiger partial charge is 1.00 e. The molecule has 0 bridgehead atoms. The number of hydrogen-bond acceptors (Lipinski definition) is 6. The molecule has 1 aliphatic rings. The summed E-state index contributed by atoms with van der Waals surface area (Å²) in [6, 6.07) is -2.53. The first kappa shape index (κ1) is 25.1. The zero-order valence-electron chi connectivity index (χ0n) is 11.1. The second kappa shape index (κ2) is 11.8. The van der Waals surface area contributed by atoms with E-state index < -0.39 is 36.0 Å². The lowest BCUT2D eigenvalue weighted by Gasteiger charge is -2.15. The molecule has 126 valence electrons. The van der Waals surface area contributed by atoms with Gasteiger partial charge in [0.15, 0.2) is 19.8 Å². The number of rotatable bonds is 0. The number of ether oxygens (including phenoxy) is 3. The van der Waals surface area contributed by atoms with Gasteiger partial charge in [0.2, 0.25) is 18.1 Å². The molecule has 12 heteroatoms. The van der Waals surface area contributed by atoms with Crippen molar-refractivity contribution in [3.63, 3.8) is 0 Å². The fourth-order valence-corrected chi connectivity index (χ4v) is 1.11. The molecule has 0 unspecified atom stereocenters. The first-order valence-electron chi connectivity index (χ1n) is 5.41. The van der Waals surface area contributed by atoms with Gasteiger partial charge in [-0.25, -0.2) is 14.4 Å². The van der Waals surface area contributed by atoms with Gasteiger partial charge in [-0.1, -0.05) is 0 Å². The summed E-state index contributed by atoms with van der Waals surface area (Å²) in [5, 5.41) is 0. The predicted molar refractivity (Wildman–Crippen MR) is 52.9 cm³/mol. The second-order valence-corrected chi connectivity index (χ2v) is 3.98. The minimum atomic E-state index is -0.844. The van der Waals surface area contributed by atoms with Crippen molar-refractivity contribution in [2.45, 2.75) is 18.1 Å². The number of carbonyl (C=O) groups is 3. The van der Waals surface area contributed by atoms with Gasteiger partial charge >= 0.3 is 17.9 Å². The average Bonchev–Trinajstić information content (AvgIpc) is 2.36. The molecule has 0 aromatic carbocycles. The van der Waals surface area contributed by atoms with E-state index in [9.17, 15) is 14.4 Å². The van der Waals surface area contributed by atoms with Crippen LogP contribution >= 0.6 is 0 Å². The molecule has 1 rings (SSSR count). The molecule has 0 spiro atoms. The summed E-state index contributed by atoms with van der Waals surface area (Å²) in [5.74, 6) is -1.98. The Labute approximate surface area is 139 Å². The van der Waals surface area contributed by atoms with Gasteiger partial charge in [0.05, 0.1) is 0 Å². The van der Waals surface area contributed by atoms with Gasteiger partial charge in [-0.05, 0) is 0 Å². The van der Waals surface area contributed by atoms with Crippen molar-refractivity contribution in [3.05, 3.63) is 0 Å². The second-order valence-electron chi connectivity index (χ2n) is 3.98. The maximum Gasteiger partial charge on any atom is 0.368 e. The monoisotopic (exact) mass is 369 g/mol. The number of carbonyl (C=O) groups excluding carboxylic acids is 3. The third-order valence-electron chi connectivity index (χ3n) is 2.28. The SMILES string of the molecule is [Cl-].[Cl-].[Cl-].[NH3+][C@H]1COC(=O)[C@@H]([NH3+])COC(=O)[C@@H]([NH3+])COC1=O. The lowest BCUT2D eigenvalue weighted by Crippen LogP contribution is -3.00.